The van der Waals surface area contributed by atoms with Gasteiger partial charge in [0.15, 0.2) is 0 Å². The molecule has 1 aliphatic heterocycles. The molecule has 3 rings (SSSR count). The summed E-state index contributed by atoms with van der Waals surface area (Å²) >= 11 is 0. The van der Waals surface area contributed by atoms with Crippen molar-refractivity contribution in [3.05, 3.63) is 59.2 Å². The molecule has 0 N–H and O–H groups in total. The van der Waals surface area contributed by atoms with Crippen molar-refractivity contribution in [2.45, 2.75) is 6.92 Å². The predicted octanol–water partition coefficient (Wildman–Crippen LogP) is 3.06. The zero-order valence-corrected chi connectivity index (χ0v) is 13.2. The van der Waals surface area contributed by atoms with Gasteiger partial charge in [0.1, 0.15) is 12.1 Å². The molecule has 23 heavy (non-hydrogen) atoms. The van der Waals surface area contributed by atoms with Gasteiger partial charge in [-0.25, -0.2) is 0 Å². The predicted molar refractivity (Wildman–Crippen MR) is 91.5 cm³/mol. The van der Waals surface area contributed by atoms with Gasteiger partial charge < -0.3 is 9.80 Å². The minimum Gasteiger partial charge on any atom is -0.368 e. The number of nitrogens with zero attached hydrogens (tertiary/aromatic N) is 4. The molecule has 0 radical (unpaired) electrons. The lowest BCUT2D eigenvalue weighted by Gasteiger charge is -2.38. The zero-order valence-electron chi connectivity index (χ0n) is 13.2. The van der Waals surface area contributed by atoms with Gasteiger partial charge >= 0.3 is 0 Å². The van der Waals surface area contributed by atoms with Gasteiger partial charge in [0.05, 0.1) is 16.8 Å². The smallest absolute Gasteiger partial charge is 0.101 e. The summed E-state index contributed by atoms with van der Waals surface area (Å²) in [6, 6.07) is 18.1. The summed E-state index contributed by atoms with van der Waals surface area (Å²) in [4.78, 5) is 4.53. The topological polar surface area (TPSA) is 54.1 Å². The first-order valence-electron chi connectivity index (χ1n) is 7.73. The monoisotopic (exact) mass is 302 g/mol. The molecule has 4 nitrogen and oxygen atoms in total. The Morgan fingerprint density at radius 1 is 0.783 bits per heavy atom. The van der Waals surface area contributed by atoms with Crippen LogP contribution in [0.25, 0.3) is 0 Å². The number of piperazine rings is 1. The number of hydrogen-bond donors (Lipinski definition) is 0. The summed E-state index contributed by atoms with van der Waals surface area (Å²) in [5.74, 6) is 0. The summed E-state index contributed by atoms with van der Waals surface area (Å²) < 4.78 is 0. The van der Waals surface area contributed by atoms with Gasteiger partial charge in [-0.1, -0.05) is 24.3 Å². The first-order chi connectivity index (χ1) is 11.2. The lowest BCUT2D eigenvalue weighted by Crippen LogP contribution is -2.47. The SMILES string of the molecule is Cc1ccccc1N1CCN(c2c(C#N)cccc2C#N)CC1. The Balaban J connectivity index is 1.82. The first kappa shape index (κ1) is 14.9. The van der Waals surface area contributed by atoms with Crippen LogP contribution in [0.3, 0.4) is 0 Å². The molecule has 0 atom stereocenters. The van der Waals surface area contributed by atoms with E-state index < -0.39 is 0 Å². The van der Waals surface area contributed by atoms with Crippen LogP contribution >= 0.6 is 0 Å². The molecule has 0 unspecified atom stereocenters. The van der Waals surface area contributed by atoms with Crippen molar-refractivity contribution in [3.8, 4) is 12.1 Å². The van der Waals surface area contributed by atoms with Gasteiger partial charge in [-0.05, 0) is 30.7 Å². The molecule has 0 amide bonds. The van der Waals surface area contributed by atoms with Crippen molar-refractivity contribution in [2.24, 2.45) is 0 Å². The van der Waals surface area contributed by atoms with Gasteiger partial charge in [0.25, 0.3) is 0 Å². The van der Waals surface area contributed by atoms with Crippen LogP contribution in [0.5, 0.6) is 0 Å². The fourth-order valence-electron chi connectivity index (χ4n) is 3.15. The van der Waals surface area contributed by atoms with Crippen LogP contribution in [0.1, 0.15) is 16.7 Å². The third-order valence-corrected chi connectivity index (χ3v) is 4.33. The molecule has 0 aliphatic carbocycles. The van der Waals surface area contributed by atoms with Crippen LogP contribution in [0.4, 0.5) is 11.4 Å². The number of rotatable bonds is 2. The Morgan fingerprint density at radius 3 is 1.91 bits per heavy atom. The molecule has 1 saturated heterocycles. The molecule has 0 aromatic heterocycles. The lowest BCUT2D eigenvalue weighted by molar-refractivity contribution is 0.651. The van der Waals surface area contributed by atoms with E-state index in [9.17, 15) is 10.5 Å². The van der Waals surface area contributed by atoms with Crippen molar-refractivity contribution in [1.29, 1.82) is 10.5 Å². The molecule has 0 saturated carbocycles. The average molecular weight is 302 g/mol. The molecular weight excluding hydrogens is 284 g/mol. The van der Waals surface area contributed by atoms with Crippen molar-refractivity contribution in [2.75, 3.05) is 36.0 Å². The highest BCUT2D eigenvalue weighted by atomic mass is 15.3. The number of anilines is 2. The van der Waals surface area contributed by atoms with Crippen LogP contribution in [0, 0.1) is 29.6 Å². The second-order valence-electron chi connectivity index (χ2n) is 5.69. The lowest BCUT2D eigenvalue weighted by atomic mass is 10.1. The highest BCUT2D eigenvalue weighted by molar-refractivity contribution is 5.69. The average Bonchev–Trinajstić information content (AvgIpc) is 2.61. The molecule has 1 fully saturated rings. The van der Waals surface area contributed by atoms with Crippen LogP contribution < -0.4 is 9.80 Å². The van der Waals surface area contributed by atoms with E-state index >= 15 is 0 Å². The van der Waals surface area contributed by atoms with Gasteiger partial charge in [0.2, 0.25) is 0 Å². The quantitative estimate of drug-likeness (QED) is 0.855. The fourth-order valence-corrected chi connectivity index (χ4v) is 3.15. The van der Waals surface area contributed by atoms with Gasteiger partial charge in [0, 0.05) is 31.9 Å². The molecule has 4 heteroatoms. The molecule has 1 heterocycles. The standard InChI is InChI=1S/C19H18N4/c1-15-5-2-3-8-18(15)22-9-11-23(12-10-22)19-16(13-20)6-4-7-17(19)14-21/h2-8H,9-12H2,1H3. The largest absolute Gasteiger partial charge is 0.368 e. The van der Waals surface area contributed by atoms with Crippen molar-refractivity contribution < 1.29 is 0 Å². The maximum Gasteiger partial charge on any atom is 0.101 e. The molecule has 114 valence electrons. The van der Waals surface area contributed by atoms with Crippen LogP contribution in [-0.2, 0) is 0 Å². The summed E-state index contributed by atoms with van der Waals surface area (Å²) in [5.41, 5.74) is 4.47. The van der Waals surface area contributed by atoms with E-state index in [1.54, 1.807) is 18.2 Å². The van der Waals surface area contributed by atoms with E-state index in [1.165, 1.54) is 11.3 Å². The summed E-state index contributed by atoms with van der Waals surface area (Å²) in [6.07, 6.45) is 0. The number of aryl methyl sites for hydroxylation is 1. The third kappa shape index (κ3) is 2.84. The zero-order chi connectivity index (χ0) is 16.2. The summed E-state index contributed by atoms with van der Waals surface area (Å²) in [7, 11) is 0. The number of nitriles is 2. The normalized spacial score (nSPS) is 14.2. The van der Waals surface area contributed by atoms with Crippen molar-refractivity contribution in [3.63, 3.8) is 0 Å². The Morgan fingerprint density at radius 2 is 1.35 bits per heavy atom. The Bertz CT molecular complexity index is 757. The van der Waals surface area contributed by atoms with E-state index in [1.807, 2.05) is 0 Å². The van der Waals surface area contributed by atoms with E-state index in [2.05, 4.69) is 53.1 Å². The maximum atomic E-state index is 9.34. The Labute approximate surface area is 136 Å². The number of para-hydroxylation sites is 2. The molecule has 2 aromatic rings. The molecule has 2 aromatic carbocycles. The van der Waals surface area contributed by atoms with E-state index in [4.69, 9.17) is 0 Å². The van der Waals surface area contributed by atoms with Crippen LogP contribution in [0.15, 0.2) is 42.5 Å². The maximum absolute atomic E-state index is 9.34. The molecule has 0 bridgehead atoms. The third-order valence-electron chi connectivity index (χ3n) is 4.33. The molecule has 0 spiro atoms. The first-order valence-corrected chi connectivity index (χ1v) is 7.73. The number of hydrogen-bond acceptors (Lipinski definition) is 4. The minimum absolute atomic E-state index is 0.577. The van der Waals surface area contributed by atoms with Gasteiger partial charge in [-0.15, -0.1) is 0 Å². The van der Waals surface area contributed by atoms with E-state index in [0.29, 0.717) is 11.1 Å². The highest BCUT2D eigenvalue weighted by Crippen LogP contribution is 2.28. The Kier molecular flexibility index (Phi) is 4.17. The minimum atomic E-state index is 0.577. The second-order valence-corrected chi connectivity index (χ2v) is 5.69. The summed E-state index contributed by atoms with van der Waals surface area (Å²) in [5, 5.41) is 18.7. The fraction of sp³-hybridized carbons (Fsp3) is 0.263. The van der Waals surface area contributed by atoms with Crippen LogP contribution in [0.2, 0.25) is 0 Å². The van der Waals surface area contributed by atoms with Gasteiger partial charge in [-0.2, -0.15) is 10.5 Å². The van der Waals surface area contributed by atoms with Crippen molar-refractivity contribution >= 4 is 11.4 Å². The van der Waals surface area contributed by atoms with E-state index in [-0.39, 0.29) is 0 Å². The van der Waals surface area contributed by atoms with Crippen molar-refractivity contribution in [1.82, 2.24) is 0 Å². The molecule has 1 aliphatic rings. The van der Waals surface area contributed by atoms with Crippen LogP contribution in [-0.4, -0.2) is 26.2 Å². The molecular formula is C19H18N4. The number of benzene rings is 2. The Hall–Kier alpha value is -2.98. The van der Waals surface area contributed by atoms with E-state index in [0.717, 1.165) is 31.9 Å². The second kappa shape index (κ2) is 6.42. The summed E-state index contributed by atoms with van der Waals surface area (Å²) in [6.45, 7) is 5.51. The van der Waals surface area contributed by atoms with Gasteiger partial charge in [-0.3, -0.25) is 0 Å². The highest BCUT2D eigenvalue weighted by Gasteiger charge is 2.22.